The SMILES string of the molecule is Cc1ccc(OC(=O)CCCC(=O)CC#N)c(C)c1. The molecule has 0 aliphatic rings. The Morgan fingerprint density at radius 3 is 2.63 bits per heavy atom. The molecule has 0 aromatic heterocycles. The van der Waals surface area contributed by atoms with Crippen LogP contribution in [0.5, 0.6) is 5.75 Å². The minimum absolute atomic E-state index is 0.0912. The third kappa shape index (κ3) is 5.35. The number of Topliss-reactive ketones (excluding diaryl/α,β-unsaturated/α-hetero) is 1. The third-order valence-corrected chi connectivity index (χ3v) is 2.67. The zero-order valence-electron chi connectivity index (χ0n) is 11.2. The fourth-order valence-corrected chi connectivity index (χ4v) is 1.69. The largest absolute Gasteiger partial charge is 0.426 e. The lowest BCUT2D eigenvalue weighted by molar-refractivity contribution is -0.134. The molecular formula is C15H17NO3. The lowest BCUT2D eigenvalue weighted by atomic mass is 10.1. The van der Waals surface area contributed by atoms with Crippen molar-refractivity contribution >= 4 is 11.8 Å². The van der Waals surface area contributed by atoms with E-state index in [1.54, 1.807) is 12.1 Å². The summed E-state index contributed by atoms with van der Waals surface area (Å²) in [5.74, 6) is 0.0671. The molecule has 0 N–H and O–H groups in total. The number of carbonyl (C=O) groups excluding carboxylic acids is 2. The van der Waals surface area contributed by atoms with Crippen molar-refractivity contribution in [2.24, 2.45) is 0 Å². The van der Waals surface area contributed by atoms with Gasteiger partial charge in [0.25, 0.3) is 0 Å². The van der Waals surface area contributed by atoms with E-state index in [0.717, 1.165) is 11.1 Å². The van der Waals surface area contributed by atoms with Crippen LogP contribution in [0.3, 0.4) is 0 Å². The lowest BCUT2D eigenvalue weighted by Crippen LogP contribution is -2.09. The molecule has 0 saturated carbocycles. The number of esters is 1. The van der Waals surface area contributed by atoms with Gasteiger partial charge in [0.15, 0.2) is 0 Å². The van der Waals surface area contributed by atoms with Crippen LogP contribution < -0.4 is 4.74 Å². The second-order valence-corrected chi connectivity index (χ2v) is 4.47. The van der Waals surface area contributed by atoms with Gasteiger partial charge < -0.3 is 4.74 Å². The lowest BCUT2D eigenvalue weighted by Gasteiger charge is -2.07. The maximum absolute atomic E-state index is 11.6. The van der Waals surface area contributed by atoms with E-state index in [4.69, 9.17) is 10.00 Å². The summed E-state index contributed by atoms with van der Waals surface area (Å²) in [4.78, 5) is 22.7. The van der Waals surface area contributed by atoms with Crippen LogP contribution in [0.15, 0.2) is 18.2 Å². The van der Waals surface area contributed by atoms with Crippen molar-refractivity contribution in [1.82, 2.24) is 0 Å². The number of aryl methyl sites for hydroxylation is 2. The van der Waals surface area contributed by atoms with Crippen LogP contribution in [0.4, 0.5) is 0 Å². The van der Waals surface area contributed by atoms with Crippen molar-refractivity contribution in [3.05, 3.63) is 29.3 Å². The molecule has 0 bridgehead atoms. The van der Waals surface area contributed by atoms with Crippen LogP contribution in [0, 0.1) is 25.2 Å². The smallest absolute Gasteiger partial charge is 0.311 e. The second kappa shape index (κ2) is 7.32. The van der Waals surface area contributed by atoms with Gasteiger partial charge in [0, 0.05) is 12.8 Å². The fourth-order valence-electron chi connectivity index (χ4n) is 1.69. The molecule has 0 unspecified atom stereocenters. The molecule has 19 heavy (non-hydrogen) atoms. The summed E-state index contributed by atoms with van der Waals surface area (Å²) in [5.41, 5.74) is 2.02. The van der Waals surface area contributed by atoms with Crippen molar-refractivity contribution in [3.8, 4) is 11.8 Å². The summed E-state index contributed by atoms with van der Waals surface area (Å²) in [5, 5.41) is 8.33. The molecule has 0 aliphatic heterocycles. The van der Waals surface area contributed by atoms with Gasteiger partial charge >= 0.3 is 5.97 Å². The zero-order valence-corrected chi connectivity index (χ0v) is 11.2. The zero-order chi connectivity index (χ0) is 14.3. The minimum atomic E-state index is -0.350. The summed E-state index contributed by atoms with van der Waals surface area (Å²) in [6.45, 7) is 3.85. The molecule has 0 fully saturated rings. The number of rotatable bonds is 6. The highest BCUT2D eigenvalue weighted by molar-refractivity contribution is 5.81. The Kier molecular flexibility index (Phi) is 5.74. The van der Waals surface area contributed by atoms with E-state index in [1.807, 2.05) is 26.0 Å². The van der Waals surface area contributed by atoms with Gasteiger partial charge in [-0.1, -0.05) is 17.7 Å². The van der Waals surface area contributed by atoms with Gasteiger partial charge in [-0.15, -0.1) is 0 Å². The number of nitriles is 1. The first-order chi connectivity index (χ1) is 9.02. The van der Waals surface area contributed by atoms with Crippen LogP contribution in [0.25, 0.3) is 0 Å². The Bertz CT molecular complexity index is 515. The number of carbonyl (C=O) groups is 2. The average molecular weight is 259 g/mol. The van der Waals surface area contributed by atoms with Crippen LogP contribution in [-0.2, 0) is 9.59 Å². The Hall–Kier alpha value is -2.15. The molecule has 4 nitrogen and oxygen atoms in total. The molecule has 1 rings (SSSR count). The summed E-state index contributed by atoms with van der Waals surface area (Å²) in [6, 6.07) is 7.38. The molecule has 0 amide bonds. The van der Waals surface area contributed by atoms with E-state index in [-0.39, 0.29) is 31.0 Å². The number of hydrogen-bond acceptors (Lipinski definition) is 4. The second-order valence-electron chi connectivity index (χ2n) is 4.47. The third-order valence-electron chi connectivity index (χ3n) is 2.67. The average Bonchev–Trinajstić information content (AvgIpc) is 2.33. The molecule has 0 radical (unpaired) electrons. The van der Waals surface area contributed by atoms with E-state index >= 15 is 0 Å². The van der Waals surface area contributed by atoms with E-state index in [9.17, 15) is 9.59 Å². The summed E-state index contributed by atoms with van der Waals surface area (Å²) < 4.78 is 5.23. The molecule has 0 heterocycles. The molecular weight excluding hydrogens is 242 g/mol. The van der Waals surface area contributed by atoms with Crippen molar-refractivity contribution in [2.75, 3.05) is 0 Å². The Morgan fingerprint density at radius 1 is 1.26 bits per heavy atom. The van der Waals surface area contributed by atoms with Crippen LogP contribution in [0.1, 0.15) is 36.8 Å². The summed E-state index contributed by atoms with van der Waals surface area (Å²) in [6.07, 6.45) is 0.760. The highest BCUT2D eigenvalue weighted by Gasteiger charge is 2.09. The molecule has 4 heteroatoms. The minimum Gasteiger partial charge on any atom is -0.426 e. The van der Waals surface area contributed by atoms with E-state index < -0.39 is 0 Å². The first-order valence-electron chi connectivity index (χ1n) is 6.19. The van der Waals surface area contributed by atoms with Crippen molar-refractivity contribution in [2.45, 2.75) is 39.5 Å². The van der Waals surface area contributed by atoms with E-state index in [0.29, 0.717) is 12.2 Å². The predicted molar refractivity (Wildman–Crippen MR) is 70.6 cm³/mol. The molecule has 1 aromatic rings. The molecule has 100 valence electrons. The monoisotopic (exact) mass is 259 g/mol. The number of nitrogens with zero attached hydrogens (tertiary/aromatic N) is 1. The number of ether oxygens (including phenoxy) is 1. The number of ketones is 1. The van der Waals surface area contributed by atoms with Gasteiger partial charge in [-0.3, -0.25) is 9.59 Å². The fraction of sp³-hybridized carbons (Fsp3) is 0.400. The summed E-state index contributed by atoms with van der Waals surface area (Å²) >= 11 is 0. The molecule has 0 atom stereocenters. The van der Waals surface area contributed by atoms with Gasteiger partial charge in [-0.25, -0.2) is 0 Å². The van der Waals surface area contributed by atoms with E-state index in [2.05, 4.69) is 0 Å². The van der Waals surface area contributed by atoms with Crippen LogP contribution in [-0.4, -0.2) is 11.8 Å². The van der Waals surface area contributed by atoms with Gasteiger partial charge in [-0.2, -0.15) is 5.26 Å². The van der Waals surface area contributed by atoms with Crippen LogP contribution in [0.2, 0.25) is 0 Å². The Balaban J connectivity index is 2.39. The van der Waals surface area contributed by atoms with Gasteiger partial charge in [-0.05, 0) is 31.9 Å². The molecule has 0 aliphatic carbocycles. The van der Waals surface area contributed by atoms with Gasteiger partial charge in [0.05, 0.1) is 12.5 Å². The van der Waals surface area contributed by atoms with Gasteiger partial charge in [0.2, 0.25) is 0 Å². The standard InChI is InChI=1S/C15H17NO3/c1-11-6-7-14(12(2)10-11)19-15(18)5-3-4-13(17)8-9-16/h6-7,10H,3-5,8H2,1-2H3. The Morgan fingerprint density at radius 2 is 2.00 bits per heavy atom. The maximum Gasteiger partial charge on any atom is 0.311 e. The molecule has 0 saturated heterocycles. The van der Waals surface area contributed by atoms with Crippen molar-refractivity contribution in [1.29, 1.82) is 5.26 Å². The highest BCUT2D eigenvalue weighted by Crippen LogP contribution is 2.19. The first kappa shape index (κ1) is 14.9. The van der Waals surface area contributed by atoms with Crippen LogP contribution >= 0.6 is 0 Å². The van der Waals surface area contributed by atoms with E-state index in [1.165, 1.54) is 0 Å². The topological polar surface area (TPSA) is 67.2 Å². The highest BCUT2D eigenvalue weighted by atomic mass is 16.5. The summed E-state index contributed by atoms with van der Waals surface area (Å²) in [7, 11) is 0. The van der Waals surface area contributed by atoms with Crippen molar-refractivity contribution in [3.63, 3.8) is 0 Å². The number of benzene rings is 1. The van der Waals surface area contributed by atoms with Gasteiger partial charge in [0.1, 0.15) is 11.5 Å². The normalized spacial score (nSPS) is 9.74. The van der Waals surface area contributed by atoms with Crippen molar-refractivity contribution < 1.29 is 14.3 Å². The Labute approximate surface area is 113 Å². The predicted octanol–water partition coefficient (Wildman–Crippen LogP) is 2.86. The number of hydrogen-bond donors (Lipinski definition) is 0. The maximum atomic E-state index is 11.6. The quantitative estimate of drug-likeness (QED) is 0.582. The molecule has 1 aromatic carbocycles. The first-order valence-corrected chi connectivity index (χ1v) is 6.19. The molecule has 0 spiro atoms.